The molecule has 0 unspecified atom stereocenters. The molecule has 0 aliphatic heterocycles. The maximum atomic E-state index is 12.9. The Balaban J connectivity index is 1.67. The van der Waals surface area contributed by atoms with E-state index in [1.54, 1.807) is 12.1 Å². The molecule has 6 heteroatoms. The fourth-order valence-corrected chi connectivity index (χ4v) is 2.68. The Morgan fingerprint density at radius 1 is 0.727 bits per heavy atom. The highest BCUT2D eigenvalue weighted by Gasteiger charge is 2.04. The number of halogens is 4. The molecule has 0 radical (unpaired) electrons. The van der Waals surface area contributed by atoms with Gasteiger partial charge in [-0.1, -0.05) is 0 Å². The molecule has 0 aromatic heterocycles. The van der Waals surface area contributed by atoms with E-state index < -0.39 is 0 Å². The zero-order valence-corrected chi connectivity index (χ0v) is 14.8. The molecule has 0 N–H and O–H groups in total. The number of hydrogen-bond acceptors (Lipinski definition) is 2. The molecule has 0 aliphatic carbocycles. The standard InChI is InChI=1S/C16H14Br2F2O2/c17-13-9-11(19)3-5-15(13)21-7-1-2-8-22-16-6-4-12(20)10-14(16)18/h3-6,9-10H,1-2,7-8H2. The molecule has 0 bridgehead atoms. The molecule has 0 saturated carbocycles. The Hall–Kier alpha value is -1.14. The van der Waals surface area contributed by atoms with Gasteiger partial charge in [-0.2, -0.15) is 0 Å². The van der Waals surface area contributed by atoms with Crippen molar-refractivity contribution in [2.24, 2.45) is 0 Å². The van der Waals surface area contributed by atoms with E-state index in [-0.39, 0.29) is 11.6 Å². The predicted molar refractivity (Wildman–Crippen MR) is 88.4 cm³/mol. The highest BCUT2D eigenvalue weighted by Crippen LogP contribution is 2.26. The highest BCUT2D eigenvalue weighted by molar-refractivity contribution is 9.10. The summed E-state index contributed by atoms with van der Waals surface area (Å²) in [6.45, 7) is 1.02. The normalized spacial score (nSPS) is 10.5. The van der Waals surface area contributed by atoms with Gasteiger partial charge in [-0.3, -0.25) is 0 Å². The Labute approximate surface area is 144 Å². The molecule has 0 fully saturated rings. The molecule has 2 aromatic carbocycles. The number of hydrogen-bond donors (Lipinski definition) is 0. The van der Waals surface area contributed by atoms with E-state index >= 15 is 0 Å². The molecule has 0 atom stereocenters. The zero-order valence-electron chi connectivity index (χ0n) is 11.6. The average Bonchev–Trinajstić information content (AvgIpc) is 2.46. The van der Waals surface area contributed by atoms with Gasteiger partial charge in [0.15, 0.2) is 0 Å². The summed E-state index contributed by atoms with van der Waals surface area (Å²) in [5.41, 5.74) is 0. The summed E-state index contributed by atoms with van der Waals surface area (Å²) in [4.78, 5) is 0. The van der Waals surface area contributed by atoms with E-state index in [1.165, 1.54) is 24.3 Å². The minimum Gasteiger partial charge on any atom is -0.492 e. The van der Waals surface area contributed by atoms with Crippen LogP contribution >= 0.6 is 31.9 Å². The Bertz CT molecular complexity index is 580. The van der Waals surface area contributed by atoms with Crippen LogP contribution in [0.1, 0.15) is 12.8 Å². The monoisotopic (exact) mass is 434 g/mol. The number of rotatable bonds is 7. The molecule has 0 spiro atoms. The second kappa shape index (κ2) is 8.48. The molecule has 22 heavy (non-hydrogen) atoms. The van der Waals surface area contributed by atoms with Gasteiger partial charge in [-0.15, -0.1) is 0 Å². The number of unbranched alkanes of at least 4 members (excludes halogenated alkanes) is 1. The van der Waals surface area contributed by atoms with Crippen LogP contribution in [0.15, 0.2) is 45.3 Å². The van der Waals surface area contributed by atoms with Gasteiger partial charge in [0.05, 0.1) is 22.2 Å². The second-order valence-corrected chi connectivity index (χ2v) is 6.26. The first kappa shape index (κ1) is 17.2. The van der Waals surface area contributed by atoms with E-state index in [2.05, 4.69) is 31.9 Å². The van der Waals surface area contributed by atoms with Gasteiger partial charge in [0.25, 0.3) is 0 Å². The van der Waals surface area contributed by atoms with Crippen molar-refractivity contribution in [1.29, 1.82) is 0 Å². The lowest BCUT2D eigenvalue weighted by atomic mass is 10.3. The van der Waals surface area contributed by atoms with Gasteiger partial charge in [-0.05, 0) is 81.1 Å². The summed E-state index contributed by atoms with van der Waals surface area (Å²) in [6.07, 6.45) is 1.59. The third-order valence-electron chi connectivity index (χ3n) is 2.84. The van der Waals surface area contributed by atoms with Crippen LogP contribution < -0.4 is 9.47 Å². The molecule has 0 heterocycles. The lowest BCUT2D eigenvalue weighted by molar-refractivity contribution is 0.264. The second-order valence-electron chi connectivity index (χ2n) is 4.55. The molecule has 2 aromatic rings. The summed E-state index contributed by atoms with van der Waals surface area (Å²) in [7, 11) is 0. The van der Waals surface area contributed by atoms with Crippen LogP contribution in [0.5, 0.6) is 11.5 Å². The smallest absolute Gasteiger partial charge is 0.133 e. The minimum absolute atomic E-state index is 0.308. The van der Waals surface area contributed by atoms with Crippen molar-refractivity contribution in [3.05, 3.63) is 57.0 Å². The molecule has 0 saturated heterocycles. The van der Waals surface area contributed by atoms with Crippen molar-refractivity contribution in [3.8, 4) is 11.5 Å². The van der Waals surface area contributed by atoms with Crippen LogP contribution in [0.4, 0.5) is 8.78 Å². The molecule has 118 valence electrons. The van der Waals surface area contributed by atoms with E-state index in [1.807, 2.05) is 0 Å². The maximum absolute atomic E-state index is 12.9. The third-order valence-corrected chi connectivity index (χ3v) is 4.08. The van der Waals surface area contributed by atoms with Gasteiger partial charge in [0.1, 0.15) is 23.1 Å². The van der Waals surface area contributed by atoms with E-state index in [4.69, 9.17) is 9.47 Å². The molecular weight excluding hydrogens is 422 g/mol. The van der Waals surface area contributed by atoms with Gasteiger partial charge < -0.3 is 9.47 Å². The van der Waals surface area contributed by atoms with Gasteiger partial charge in [0, 0.05) is 0 Å². The Kier molecular flexibility index (Phi) is 6.64. The topological polar surface area (TPSA) is 18.5 Å². The minimum atomic E-state index is -0.308. The maximum Gasteiger partial charge on any atom is 0.133 e. The quantitative estimate of drug-likeness (QED) is 0.517. The van der Waals surface area contributed by atoms with Crippen LogP contribution in [0, 0.1) is 11.6 Å². The van der Waals surface area contributed by atoms with Crippen LogP contribution in [-0.2, 0) is 0 Å². The number of benzene rings is 2. The van der Waals surface area contributed by atoms with E-state index in [9.17, 15) is 8.78 Å². The molecule has 2 rings (SSSR count). The van der Waals surface area contributed by atoms with Gasteiger partial charge >= 0.3 is 0 Å². The first-order chi connectivity index (χ1) is 10.6. The summed E-state index contributed by atoms with van der Waals surface area (Å²) < 4.78 is 38.2. The Morgan fingerprint density at radius 3 is 1.50 bits per heavy atom. The fraction of sp³-hybridized carbons (Fsp3) is 0.250. The molecule has 2 nitrogen and oxygen atoms in total. The molecule has 0 aliphatic rings. The lowest BCUT2D eigenvalue weighted by Gasteiger charge is -2.10. The van der Waals surface area contributed by atoms with Crippen molar-refractivity contribution in [1.82, 2.24) is 0 Å². The van der Waals surface area contributed by atoms with Crippen molar-refractivity contribution in [2.75, 3.05) is 13.2 Å². The highest BCUT2D eigenvalue weighted by atomic mass is 79.9. The first-order valence-electron chi connectivity index (χ1n) is 6.72. The third kappa shape index (κ3) is 5.25. The summed E-state index contributed by atoms with van der Waals surface area (Å²) in [6, 6.07) is 8.62. The summed E-state index contributed by atoms with van der Waals surface area (Å²) in [5, 5.41) is 0. The van der Waals surface area contributed by atoms with Crippen molar-refractivity contribution in [2.45, 2.75) is 12.8 Å². The Morgan fingerprint density at radius 2 is 1.14 bits per heavy atom. The predicted octanol–water partition coefficient (Wildman–Crippen LogP) is 5.73. The lowest BCUT2D eigenvalue weighted by Crippen LogP contribution is -2.03. The van der Waals surface area contributed by atoms with Crippen LogP contribution in [0.2, 0.25) is 0 Å². The van der Waals surface area contributed by atoms with Crippen molar-refractivity contribution in [3.63, 3.8) is 0 Å². The van der Waals surface area contributed by atoms with Gasteiger partial charge in [0.2, 0.25) is 0 Å². The zero-order chi connectivity index (χ0) is 15.9. The largest absolute Gasteiger partial charge is 0.492 e. The van der Waals surface area contributed by atoms with E-state index in [0.29, 0.717) is 33.7 Å². The van der Waals surface area contributed by atoms with Gasteiger partial charge in [-0.25, -0.2) is 8.78 Å². The molecule has 0 amide bonds. The molecular formula is C16H14Br2F2O2. The average molecular weight is 436 g/mol. The van der Waals surface area contributed by atoms with Crippen molar-refractivity contribution >= 4 is 31.9 Å². The first-order valence-corrected chi connectivity index (χ1v) is 8.30. The fourth-order valence-electron chi connectivity index (χ4n) is 1.75. The summed E-state index contributed by atoms with van der Waals surface area (Å²) in [5.74, 6) is 0.613. The van der Waals surface area contributed by atoms with Crippen LogP contribution in [0.25, 0.3) is 0 Å². The van der Waals surface area contributed by atoms with E-state index in [0.717, 1.165) is 12.8 Å². The van der Waals surface area contributed by atoms with Crippen LogP contribution in [-0.4, -0.2) is 13.2 Å². The SMILES string of the molecule is Fc1ccc(OCCCCOc2ccc(F)cc2Br)c(Br)c1. The van der Waals surface area contributed by atoms with Crippen molar-refractivity contribution < 1.29 is 18.3 Å². The number of ether oxygens (including phenoxy) is 2. The van der Waals surface area contributed by atoms with Crippen LogP contribution in [0.3, 0.4) is 0 Å². The summed E-state index contributed by atoms with van der Waals surface area (Å²) >= 11 is 6.50.